The molecule has 2 unspecified atom stereocenters. The van der Waals surface area contributed by atoms with Gasteiger partial charge in [0.15, 0.2) is 0 Å². The smallest absolute Gasteiger partial charge is 0.408 e. The van der Waals surface area contributed by atoms with Gasteiger partial charge in [-0.3, -0.25) is 9.59 Å². The molecule has 1 rings (SSSR count). The van der Waals surface area contributed by atoms with Gasteiger partial charge in [0.25, 0.3) is 0 Å². The molecule has 0 saturated carbocycles. The minimum absolute atomic E-state index is 0.104. The molecule has 0 fully saturated rings. The number of terminal acetylenes is 1. The van der Waals surface area contributed by atoms with Crippen LogP contribution in [-0.4, -0.2) is 47.0 Å². The van der Waals surface area contributed by atoms with E-state index >= 15 is 0 Å². The number of nitrogens with zero attached hydrogens (tertiary/aromatic N) is 1. The Labute approximate surface area is 204 Å². The zero-order valence-electron chi connectivity index (χ0n) is 21.5. The zero-order chi connectivity index (χ0) is 26.1. The van der Waals surface area contributed by atoms with E-state index in [4.69, 9.17) is 11.2 Å². The second-order valence-corrected chi connectivity index (χ2v) is 9.94. The number of benzene rings is 1. The fraction of sp³-hybridized carbons (Fsp3) is 0.519. The van der Waals surface area contributed by atoms with E-state index in [1.807, 2.05) is 27.7 Å². The highest BCUT2D eigenvalue weighted by Crippen LogP contribution is 2.24. The summed E-state index contributed by atoms with van der Waals surface area (Å²) in [6.45, 7) is 16.7. The van der Waals surface area contributed by atoms with Crippen LogP contribution in [0.4, 0.5) is 4.79 Å². The number of amides is 3. The van der Waals surface area contributed by atoms with Gasteiger partial charge >= 0.3 is 6.09 Å². The SMILES string of the molecule is C#Cc1ccc(C(C(=O)NC(C)C)N(CC=C)C(=O)C(CC(C)C)NC(=O)OC(C)(C)C)cc1. The Kier molecular flexibility index (Phi) is 10.9. The van der Waals surface area contributed by atoms with Gasteiger partial charge in [0, 0.05) is 18.2 Å². The lowest BCUT2D eigenvalue weighted by molar-refractivity contribution is -0.142. The zero-order valence-corrected chi connectivity index (χ0v) is 21.5. The average molecular weight is 470 g/mol. The molecule has 0 heterocycles. The van der Waals surface area contributed by atoms with Crippen molar-refractivity contribution in [2.24, 2.45) is 5.92 Å². The maximum atomic E-state index is 13.8. The fourth-order valence-corrected chi connectivity index (χ4v) is 3.40. The number of nitrogens with one attached hydrogen (secondary N) is 2. The minimum Gasteiger partial charge on any atom is -0.444 e. The summed E-state index contributed by atoms with van der Waals surface area (Å²) in [5, 5.41) is 5.60. The lowest BCUT2D eigenvalue weighted by Crippen LogP contribution is -2.53. The van der Waals surface area contributed by atoms with Gasteiger partial charge in [0.2, 0.25) is 11.8 Å². The van der Waals surface area contributed by atoms with Gasteiger partial charge in [-0.1, -0.05) is 38.0 Å². The van der Waals surface area contributed by atoms with Crippen molar-refractivity contribution < 1.29 is 19.1 Å². The van der Waals surface area contributed by atoms with Crippen molar-refractivity contribution in [3.8, 4) is 12.3 Å². The van der Waals surface area contributed by atoms with Crippen LogP contribution in [0.15, 0.2) is 36.9 Å². The standard InChI is InChI=1S/C27H39N3O4/c1-10-16-30(25(32)22(17-18(3)4)29-26(33)34-27(7,8)9)23(24(31)28-19(5)6)21-14-12-20(11-2)13-15-21/h2,10,12-15,18-19,22-23H,1,16-17H2,3-9H3,(H,28,31)(H,29,33). The molecular formula is C27H39N3O4. The minimum atomic E-state index is -0.935. The Morgan fingerprint density at radius 2 is 1.71 bits per heavy atom. The third kappa shape index (κ3) is 9.30. The molecular weight excluding hydrogens is 430 g/mol. The van der Waals surface area contributed by atoms with Crippen LogP contribution >= 0.6 is 0 Å². The largest absolute Gasteiger partial charge is 0.444 e. The summed E-state index contributed by atoms with van der Waals surface area (Å²) in [4.78, 5) is 41.0. The molecule has 186 valence electrons. The van der Waals surface area contributed by atoms with Crippen LogP contribution in [0, 0.1) is 18.3 Å². The number of rotatable bonds is 10. The van der Waals surface area contributed by atoms with Crippen LogP contribution in [0.5, 0.6) is 0 Å². The third-order valence-corrected chi connectivity index (χ3v) is 4.69. The molecule has 0 aromatic heterocycles. The molecule has 7 nitrogen and oxygen atoms in total. The lowest BCUT2D eigenvalue weighted by Gasteiger charge is -2.34. The van der Waals surface area contributed by atoms with Gasteiger partial charge in [-0.2, -0.15) is 0 Å². The molecule has 3 amide bonds. The molecule has 2 N–H and O–H groups in total. The Hall–Kier alpha value is -3.27. The molecule has 1 aromatic carbocycles. The Morgan fingerprint density at radius 1 is 1.12 bits per heavy atom. The van der Waals surface area contributed by atoms with E-state index in [9.17, 15) is 14.4 Å². The first-order chi connectivity index (χ1) is 15.8. The molecule has 0 spiro atoms. The molecule has 1 aromatic rings. The molecule has 0 saturated heterocycles. The lowest BCUT2D eigenvalue weighted by atomic mass is 9.98. The summed E-state index contributed by atoms with van der Waals surface area (Å²) in [6.07, 6.45) is 6.72. The van der Waals surface area contributed by atoms with Gasteiger partial charge in [-0.15, -0.1) is 13.0 Å². The maximum Gasteiger partial charge on any atom is 0.408 e. The van der Waals surface area contributed by atoms with E-state index in [1.165, 1.54) is 4.90 Å². The number of alkyl carbamates (subject to hydrolysis) is 1. The van der Waals surface area contributed by atoms with E-state index < -0.39 is 29.7 Å². The number of hydrogen-bond acceptors (Lipinski definition) is 4. The predicted molar refractivity (Wildman–Crippen MR) is 135 cm³/mol. The highest BCUT2D eigenvalue weighted by atomic mass is 16.6. The molecule has 7 heteroatoms. The summed E-state index contributed by atoms with van der Waals surface area (Å²) in [5.41, 5.74) is 0.556. The molecule has 0 bridgehead atoms. The first kappa shape index (κ1) is 28.8. The summed E-state index contributed by atoms with van der Waals surface area (Å²) >= 11 is 0. The van der Waals surface area contributed by atoms with Crippen LogP contribution in [-0.2, 0) is 14.3 Å². The Bertz CT molecular complexity index is 892. The Morgan fingerprint density at radius 3 is 2.15 bits per heavy atom. The summed E-state index contributed by atoms with van der Waals surface area (Å²) in [5.74, 6) is 1.92. The first-order valence-electron chi connectivity index (χ1n) is 11.6. The number of ether oxygens (including phenoxy) is 1. The number of carbonyl (C=O) groups excluding carboxylic acids is 3. The fourth-order valence-electron chi connectivity index (χ4n) is 3.40. The second-order valence-electron chi connectivity index (χ2n) is 9.94. The molecule has 0 aliphatic rings. The average Bonchev–Trinajstić information content (AvgIpc) is 2.70. The van der Waals surface area contributed by atoms with Crippen LogP contribution in [0.3, 0.4) is 0 Å². The van der Waals surface area contributed by atoms with Crippen molar-refractivity contribution in [1.29, 1.82) is 0 Å². The highest BCUT2D eigenvalue weighted by Gasteiger charge is 2.36. The van der Waals surface area contributed by atoms with E-state index in [-0.39, 0.29) is 24.4 Å². The van der Waals surface area contributed by atoms with Crippen LogP contribution in [0.25, 0.3) is 0 Å². The van der Waals surface area contributed by atoms with Crippen molar-refractivity contribution in [3.63, 3.8) is 0 Å². The summed E-state index contributed by atoms with van der Waals surface area (Å²) in [7, 11) is 0. The van der Waals surface area contributed by atoms with Crippen molar-refractivity contribution in [2.75, 3.05) is 6.54 Å². The van der Waals surface area contributed by atoms with Gasteiger partial charge < -0.3 is 20.3 Å². The highest BCUT2D eigenvalue weighted by molar-refractivity contribution is 5.92. The van der Waals surface area contributed by atoms with E-state index in [0.717, 1.165) is 0 Å². The van der Waals surface area contributed by atoms with Crippen LogP contribution in [0.2, 0.25) is 0 Å². The van der Waals surface area contributed by atoms with Crippen molar-refractivity contribution in [3.05, 3.63) is 48.0 Å². The summed E-state index contributed by atoms with van der Waals surface area (Å²) < 4.78 is 5.37. The Balaban J connectivity index is 3.44. The van der Waals surface area contributed by atoms with Crippen LogP contribution in [0.1, 0.15) is 72.1 Å². The quantitative estimate of drug-likeness (QED) is 0.397. The number of carbonyl (C=O) groups is 3. The topological polar surface area (TPSA) is 87.7 Å². The second kappa shape index (κ2) is 12.8. The molecule has 0 aliphatic carbocycles. The molecule has 0 radical (unpaired) electrons. The van der Waals surface area contributed by atoms with Crippen molar-refractivity contribution in [1.82, 2.24) is 15.5 Å². The van der Waals surface area contributed by atoms with Gasteiger partial charge in [0.05, 0.1) is 0 Å². The molecule has 34 heavy (non-hydrogen) atoms. The van der Waals surface area contributed by atoms with Crippen LogP contribution < -0.4 is 10.6 Å². The molecule has 0 aliphatic heterocycles. The van der Waals surface area contributed by atoms with Crippen molar-refractivity contribution in [2.45, 2.75) is 78.6 Å². The molecule has 2 atom stereocenters. The summed E-state index contributed by atoms with van der Waals surface area (Å²) in [6, 6.07) is 4.98. The monoisotopic (exact) mass is 469 g/mol. The van der Waals surface area contributed by atoms with Gasteiger partial charge in [-0.25, -0.2) is 4.79 Å². The predicted octanol–water partition coefficient (Wildman–Crippen LogP) is 4.19. The normalized spacial score (nSPS) is 12.9. The van der Waals surface area contributed by atoms with E-state index in [2.05, 4.69) is 23.1 Å². The third-order valence-electron chi connectivity index (χ3n) is 4.69. The van der Waals surface area contributed by atoms with Gasteiger partial charge in [0.1, 0.15) is 17.7 Å². The maximum absolute atomic E-state index is 13.8. The van der Waals surface area contributed by atoms with Gasteiger partial charge in [-0.05, 0) is 64.7 Å². The first-order valence-corrected chi connectivity index (χ1v) is 11.6. The van der Waals surface area contributed by atoms with Crippen molar-refractivity contribution >= 4 is 17.9 Å². The van der Waals surface area contributed by atoms with E-state index in [1.54, 1.807) is 51.1 Å². The number of hydrogen-bond donors (Lipinski definition) is 2. The van der Waals surface area contributed by atoms with E-state index in [0.29, 0.717) is 17.5 Å².